The summed E-state index contributed by atoms with van der Waals surface area (Å²) in [6, 6.07) is 24.4. The first-order valence-corrected chi connectivity index (χ1v) is 39.1. The van der Waals surface area contributed by atoms with Gasteiger partial charge in [0.2, 0.25) is 0 Å². The molecule has 5 rings (SSSR count). The number of aromatic hydroxyl groups is 3. The van der Waals surface area contributed by atoms with Crippen molar-refractivity contribution < 1.29 is 15.3 Å². The lowest BCUT2D eigenvalue weighted by molar-refractivity contribution is 0.0507. The lowest BCUT2D eigenvalue weighted by Crippen LogP contribution is -2.61. The second-order valence-electron chi connectivity index (χ2n) is 38.3. The van der Waals surface area contributed by atoms with Crippen LogP contribution >= 0.6 is 0 Å². The maximum atomic E-state index is 12.9. The van der Waals surface area contributed by atoms with Crippen molar-refractivity contribution in [1.29, 1.82) is 0 Å². The Kier molecular flexibility index (Phi) is 27.8. The molecule has 0 radical (unpaired) electrons. The Morgan fingerprint density at radius 1 is 0.240 bits per heavy atom. The molecule has 5 aromatic rings. The zero-order valence-electron chi connectivity index (χ0n) is 68.1. The topological polar surface area (TPSA) is 60.7 Å². The Hall–Kier alpha value is -4.50. The van der Waals surface area contributed by atoms with Crippen molar-refractivity contribution >= 4 is 0 Å². The first kappa shape index (κ1) is 82.2. The van der Waals surface area contributed by atoms with E-state index in [2.05, 4.69) is 261 Å². The molecule has 3 nitrogen and oxygen atoms in total. The Morgan fingerprint density at radius 3 is 0.708 bits per heavy atom. The summed E-state index contributed by atoms with van der Waals surface area (Å²) in [6.07, 6.45) is 29.1. The van der Waals surface area contributed by atoms with Gasteiger partial charge in [-0.3, -0.25) is 0 Å². The van der Waals surface area contributed by atoms with Crippen LogP contribution in [-0.2, 0) is 48.7 Å². The van der Waals surface area contributed by atoms with Gasteiger partial charge in [-0.2, -0.15) is 0 Å². The minimum atomic E-state index is -1.06. The molecule has 0 fully saturated rings. The summed E-state index contributed by atoms with van der Waals surface area (Å²) in [6.45, 7) is 69.4. The van der Waals surface area contributed by atoms with Gasteiger partial charge in [-0.25, -0.2) is 0 Å². The third kappa shape index (κ3) is 18.7. The van der Waals surface area contributed by atoms with E-state index in [0.29, 0.717) is 17.2 Å². The van der Waals surface area contributed by atoms with Gasteiger partial charge in [-0.15, -0.1) is 0 Å². The van der Waals surface area contributed by atoms with Crippen molar-refractivity contribution in [2.24, 2.45) is 5.41 Å². The Balaban J connectivity index is 2.43. The molecule has 0 amide bonds. The van der Waals surface area contributed by atoms with E-state index in [1.807, 2.05) is 0 Å². The van der Waals surface area contributed by atoms with Crippen molar-refractivity contribution in [3.8, 4) is 17.2 Å². The van der Waals surface area contributed by atoms with Gasteiger partial charge in [-0.1, -0.05) is 361 Å². The molecule has 96 heavy (non-hydrogen) atoms. The molecule has 0 heterocycles. The van der Waals surface area contributed by atoms with Crippen molar-refractivity contribution in [2.45, 2.75) is 404 Å². The van der Waals surface area contributed by atoms with Gasteiger partial charge in [0.25, 0.3) is 0 Å². The largest absolute Gasteiger partial charge is 0.508 e. The van der Waals surface area contributed by atoms with E-state index in [9.17, 15) is 15.3 Å². The molecule has 3 N–H and O–H groups in total. The van der Waals surface area contributed by atoms with Crippen LogP contribution in [-0.4, -0.2) is 15.3 Å². The van der Waals surface area contributed by atoms with Crippen LogP contribution in [0.25, 0.3) is 0 Å². The van der Waals surface area contributed by atoms with Crippen LogP contribution in [0.3, 0.4) is 0 Å². The van der Waals surface area contributed by atoms with Gasteiger partial charge < -0.3 is 15.3 Å². The zero-order valence-corrected chi connectivity index (χ0v) is 68.1. The van der Waals surface area contributed by atoms with Crippen molar-refractivity contribution in [2.75, 3.05) is 0 Å². The molecule has 0 aliphatic rings. The number of phenolic OH excluding ortho intramolecular Hbond substituents is 3. The summed E-state index contributed by atoms with van der Waals surface area (Å²) < 4.78 is 0. The monoisotopic (exact) mass is 1310 g/mol. The highest BCUT2D eigenvalue weighted by molar-refractivity contribution is 5.71. The van der Waals surface area contributed by atoms with E-state index in [1.54, 1.807) is 0 Å². The Labute approximate surface area is 593 Å². The Bertz CT molecular complexity index is 3160. The lowest BCUT2D eigenvalue weighted by atomic mass is 9.37. The first-order chi connectivity index (χ1) is 44.2. The van der Waals surface area contributed by atoms with E-state index in [4.69, 9.17) is 0 Å². The normalized spacial score (nSPS) is 14.1. The molecular formula is C93H148O3. The highest BCUT2D eigenvalue weighted by Crippen LogP contribution is 2.72. The summed E-state index contributed by atoms with van der Waals surface area (Å²) in [5.74, 6) is 1.03. The average Bonchev–Trinajstić information content (AvgIpc) is 0.659. The van der Waals surface area contributed by atoms with E-state index >= 15 is 0 Å². The lowest BCUT2D eigenvalue weighted by Gasteiger charge is -2.65. The molecule has 0 aliphatic heterocycles. The van der Waals surface area contributed by atoms with E-state index in [1.165, 1.54) is 177 Å². The molecule has 1 atom stereocenters. The van der Waals surface area contributed by atoms with Crippen LogP contribution in [0.2, 0.25) is 0 Å². The minimum Gasteiger partial charge on any atom is -0.508 e. The summed E-state index contributed by atoms with van der Waals surface area (Å²) >= 11 is 0. The predicted octanol–water partition coefficient (Wildman–Crippen LogP) is 28.2. The van der Waals surface area contributed by atoms with Crippen molar-refractivity contribution in [1.82, 2.24) is 0 Å². The second-order valence-corrected chi connectivity index (χ2v) is 38.3. The maximum Gasteiger partial charge on any atom is 0.119 e. The van der Waals surface area contributed by atoms with Gasteiger partial charge in [0.05, 0.1) is 5.41 Å². The standard InChI is InChI=1S/C93H148O3/c1-30-32-34-36-38-40-42-44-46-48-50-52-92(53-51-49-47-45-43-41-39-37-35-33-31-2,91(29,69-61-72(84(8,9)10)79(94)58-66(69)5)82-75(87(17,18)19)54-64(3)55-76(82)88(20,21)22)93(70-62-73(85(11,12)13)80(95)59-67(70)6,71-63-74(86(14,15)16)81(96)60-68(71)7)83-77(89(23,24)25)56-65(4)57-78(83)90(26,27)28/h54-63,94-96H,30-53H2,1-29H3. The molecule has 538 valence electrons. The molecule has 0 spiro atoms. The molecule has 1 unspecified atom stereocenters. The number of hydrogen-bond acceptors (Lipinski definition) is 3. The fraction of sp³-hybridized carbons (Fsp3) is 0.677. The fourth-order valence-electron chi connectivity index (χ4n) is 17.5. The minimum absolute atomic E-state index is 0.319. The molecule has 3 heteroatoms. The van der Waals surface area contributed by atoms with Crippen LogP contribution < -0.4 is 0 Å². The van der Waals surface area contributed by atoms with Gasteiger partial charge in [0.15, 0.2) is 0 Å². The van der Waals surface area contributed by atoms with E-state index in [-0.39, 0.29) is 21.7 Å². The summed E-state index contributed by atoms with van der Waals surface area (Å²) in [5, 5.41) is 38.7. The van der Waals surface area contributed by atoms with Crippen LogP contribution in [0.15, 0.2) is 60.7 Å². The summed E-state index contributed by atoms with van der Waals surface area (Å²) in [5.41, 5.74) is 15.2. The molecule has 0 saturated heterocycles. The SMILES string of the molecule is CCCCCCCCCCCCCC(CCCCCCCCCCCCC)(C(C)(c1cc(C(C)(C)C)c(O)cc1C)c1c(C(C)(C)C)cc(C)cc1C(C)(C)C)C(c1cc(C(C)(C)C)c(O)cc1C)(c1cc(C(C)(C)C)c(O)cc1C)c1c(C(C)(C)C)cc(C)cc1C(C)(C)C. The van der Waals surface area contributed by atoms with E-state index in [0.717, 1.165) is 71.9 Å². The first-order valence-electron chi connectivity index (χ1n) is 39.1. The summed E-state index contributed by atoms with van der Waals surface area (Å²) in [7, 11) is 0. The highest BCUT2D eigenvalue weighted by atomic mass is 16.3. The Morgan fingerprint density at radius 2 is 0.458 bits per heavy atom. The molecule has 0 bridgehead atoms. The predicted molar refractivity (Wildman–Crippen MR) is 423 cm³/mol. The molecule has 0 aromatic heterocycles. The van der Waals surface area contributed by atoms with Gasteiger partial charge in [-0.05, 0) is 187 Å². The third-order valence-electron chi connectivity index (χ3n) is 22.6. The quantitative estimate of drug-likeness (QED) is 0.0306. The van der Waals surface area contributed by atoms with Crippen LogP contribution in [0.1, 0.15) is 415 Å². The van der Waals surface area contributed by atoms with Gasteiger partial charge >= 0.3 is 0 Å². The number of aryl methyl sites for hydroxylation is 5. The zero-order chi connectivity index (χ0) is 72.6. The molecule has 5 aromatic carbocycles. The van der Waals surface area contributed by atoms with Crippen molar-refractivity contribution in [3.05, 3.63) is 155 Å². The highest BCUT2D eigenvalue weighted by Gasteiger charge is 2.67. The number of rotatable bonds is 31. The number of hydrogen-bond donors (Lipinski definition) is 3. The molecule has 0 aliphatic carbocycles. The molecular weight excluding hydrogens is 1170 g/mol. The van der Waals surface area contributed by atoms with E-state index < -0.39 is 32.5 Å². The number of benzene rings is 5. The van der Waals surface area contributed by atoms with Crippen LogP contribution in [0.4, 0.5) is 0 Å². The van der Waals surface area contributed by atoms with Gasteiger partial charge in [0.1, 0.15) is 17.2 Å². The number of phenols is 3. The second kappa shape index (κ2) is 32.4. The average molecular weight is 1310 g/mol. The van der Waals surface area contributed by atoms with Crippen LogP contribution in [0, 0.1) is 40.0 Å². The van der Waals surface area contributed by atoms with Gasteiger partial charge in [0, 0.05) is 10.8 Å². The summed E-state index contributed by atoms with van der Waals surface area (Å²) in [4.78, 5) is 0. The number of unbranched alkanes of at least 4 members (excludes halogenated alkanes) is 20. The third-order valence-corrected chi connectivity index (χ3v) is 22.6. The fourth-order valence-corrected chi connectivity index (χ4v) is 17.5. The van der Waals surface area contributed by atoms with Crippen LogP contribution in [0.5, 0.6) is 17.2 Å². The van der Waals surface area contributed by atoms with Crippen molar-refractivity contribution in [3.63, 3.8) is 0 Å². The maximum absolute atomic E-state index is 12.9. The smallest absolute Gasteiger partial charge is 0.119 e. The molecule has 0 saturated carbocycles.